The molecule has 1 aromatic rings. The van der Waals surface area contributed by atoms with E-state index in [1.807, 2.05) is 17.0 Å². The number of aliphatic hydroxyl groups excluding tert-OH is 1. The van der Waals surface area contributed by atoms with Crippen molar-refractivity contribution in [2.75, 3.05) is 19.7 Å². The first-order valence-electron chi connectivity index (χ1n) is 6.90. The summed E-state index contributed by atoms with van der Waals surface area (Å²) in [4.78, 5) is 13.9. The van der Waals surface area contributed by atoms with E-state index in [0.29, 0.717) is 11.3 Å². The lowest BCUT2D eigenvalue weighted by atomic mass is 10.2. The minimum absolute atomic E-state index is 0.0367. The Labute approximate surface area is 114 Å². The fourth-order valence-corrected chi connectivity index (χ4v) is 2.33. The monoisotopic (exact) mass is 263 g/mol. The average Bonchev–Trinajstić information content (AvgIpc) is 2.74. The molecule has 1 saturated heterocycles. The summed E-state index contributed by atoms with van der Waals surface area (Å²) in [5.41, 5.74) is 0.714. The quantitative estimate of drug-likeness (QED) is 0.903. The third kappa shape index (κ3) is 3.96. The van der Waals surface area contributed by atoms with Crippen LogP contribution in [-0.2, 0) is 11.4 Å². The van der Waals surface area contributed by atoms with E-state index >= 15 is 0 Å². The third-order valence-corrected chi connectivity index (χ3v) is 3.45. The molecular weight excluding hydrogens is 242 g/mol. The second-order valence-electron chi connectivity index (χ2n) is 4.85. The Morgan fingerprint density at radius 3 is 2.53 bits per heavy atom. The fourth-order valence-electron chi connectivity index (χ4n) is 2.33. The highest BCUT2D eigenvalue weighted by molar-refractivity contribution is 5.77. The van der Waals surface area contributed by atoms with Gasteiger partial charge in [-0.2, -0.15) is 0 Å². The molecule has 1 aliphatic heterocycles. The summed E-state index contributed by atoms with van der Waals surface area (Å²) in [6.45, 7) is 1.65. The van der Waals surface area contributed by atoms with Gasteiger partial charge in [0.2, 0.25) is 0 Å². The van der Waals surface area contributed by atoms with E-state index in [0.717, 1.165) is 25.9 Å². The molecule has 1 fully saturated rings. The summed E-state index contributed by atoms with van der Waals surface area (Å²) < 4.78 is 5.53. The molecule has 19 heavy (non-hydrogen) atoms. The molecule has 1 amide bonds. The molecule has 1 aromatic carbocycles. The van der Waals surface area contributed by atoms with Gasteiger partial charge in [0.1, 0.15) is 5.75 Å². The molecule has 4 nitrogen and oxygen atoms in total. The SMILES string of the molecule is O=C(COc1ccccc1CO)N1CCCCCC1. The van der Waals surface area contributed by atoms with Crippen molar-refractivity contribution in [1.82, 2.24) is 4.90 Å². The van der Waals surface area contributed by atoms with Crippen LogP contribution in [0.3, 0.4) is 0 Å². The summed E-state index contributed by atoms with van der Waals surface area (Å²) in [6, 6.07) is 7.26. The minimum atomic E-state index is -0.0753. The maximum absolute atomic E-state index is 12.1. The number of carbonyl (C=O) groups excluding carboxylic acids is 1. The minimum Gasteiger partial charge on any atom is -0.483 e. The van der Waals surface area contributed by atoms with E-state index in [4.69, 9.17) is 4.74 Å². The van der Waals surface area contributed by atoms with E-state index in [1.54, 1.807) is 12.1 Å². The lowest BCUT2D eigenvalue weighted by molar-refractivity contribution is -0.133. The molecule has 1 aliphatic rings. The Bertz CT molecular complexity index is 412. The molecule has 2 rings (SSSR count). The van der Waals surface area contributed by atoms with Gasteiger partial charge in [0.05, 0.1) is 6.61 Å². The Kier molecular flexibility index (Phi) is 5.21. The summed E-state index contributed by atoms with van der Waals surface area (Å²) in [6.07, 6.45) is 4.58. The normalized spacial score (nSPS) is 15.9. The molecular formula is C15H21NO3. The van der Waals surface area contributed by atoms with Crippen LogP contribution in [0.1, 0.15) is 31.2 Å². The first-order valence-corrected chi connectivity index (χ1v) is 6.90. The maximum atomic E-state index is 12.1. The number of aliphatic hydroxyl groups is 1. The molecule has 0 aliphatic carbocycles. The van der Waals surface area contributed by atoms with Crippen LogP contribution >= 0.6 is 0 Å². The molecule has 0 unspecified atom stereocenters. The molecule has 0 saturated carbocycles. The molecule has 4 heteroatoms. The Morgan fingerprint density at radius 2 is 1.84 bits per heavy atom. The summed E-state index contributed by atoms with van der Waals surface area (Å²) in [7, 11) is 0. The Morgan fingerprint density at radius 1 is 1.16 bits per heavy atom. The van der Waals surface area contributed by atoms with Gasteiger partial charge >= 0.3 is 0 Å². The number of hydrogen-bond donors (Lipinski definition) is 1. The van der Waals surface area contributed by atoms with Crippen LogP contribution in [0.2, 0.25) is 0 Å². The van der Waals surface area contributed by atoms with E-state index in [9.17, 15) is 9.90 Å². The topological polar surface area (TPSA) is 49.8 Å². The van der Waals surface area contributed by atoms with Crippen molar-refractivity contribution in [2.45, 2.75) is 32.3 Å². The van der Waals surface area contributed by atoms with Gasteiger partial charge in [-0.15, -0.1) is 0 Å². The molecule has 1 heterocycles. The zero-order chi connectivity index (χ0) is 13.5. The highest BCUT2D eigenvalue weighted by atomic mass is 16.5. The maximum Gasteiger partial charge on any atom is 0.260 e. The van der Waals surface area contributed by atoms with Gasteiger partial charge in [0.15, 0.2) is 6.61 Å². The van der Waals surface area contributed by atoms with Gasteiger partial charge in [-0.1, -0.05) is 31.0 Å². The average molecular weight is 263 g/mol. The number of ether oxygens (including phenoxy) is 1. The van der Waals surface area contributed by atoms with Crippen molar-refractivity contribution in [2.24, 2.45) is 0 Å². The fraction of sp³-hybridized carbons (Fsp3) is 0.533. The molecule has 0 radical (unpaired) electrons. The molecule has 0 bridgehead atoms. The van der Waals surface area contributed by atoms with E-state index in [-0.39, 0.29) is 19.1 Å². The molecule has 0 aromatic heterocycles. The standard InChI is InChI=1S/C15H21NO3/c17-11-13-7-3-4-8-14(13)19-12-15(18)16-9-5-1-2-6-10-16/h3-4,7-8,17H,1-2,5-6,9-12H2. The summed E-state index contributed by atoms with van der Waals surface area (Å²) in [5, 5.41) is 9.19. The first kappa shape index (κ1) is 13.9. The largest absolute Gasteiger partial charge is 0.483 e. The van der Waals surface area contributed by atoms with Crippen molar-refractivity contribution in [3.05, 3.63) is 29.8 Å². The van der Waals surface area contributed by atoms with Crippen molar-refractivity contribution >= 4 is 5.91 Å². The number of likely N-dealkylation sites (tertiary alicyclic amines) is 1. The summed E-state index contributed by atoms with van der Waals surface area (Å²) in [5.74, 6) is 0.628. The summed E-state index contributed by atoms with van der Waals surface area (Å²) >= 11 is 0. The van der Waals surface area contributed by atoms with Crippen LogP contribution < -0.4 is 4.74 Å². The van der Waals surface area contributed by atoms with E-state index in [2.05, 4.69) is 0 Å². The highest BCUT2D eigenvalue weighted by Gasteiger charge is 2.16. The number of benzene rings is 1. The highest BCUT2D eigenvalue weighted by Crippen LogP contribution is 2.18. The van der Waals surface area contributed by atoms with E-state index < -0.39 is 0 Å². The first-order chi connectivity index (χ1) is 9.31. The van der Waals surface area contributed by atoms with Crippen molar-refractivity contribution < 1.29 is 14.6 Å². The predicted molar refractivity (Wildman–Crippen MR) is 72.9 cm³/mol. The van der Waals surface area contributed by atoms with Crippen LogP contribution in [0.4, 0.5) is 0 Å². The zero-order valence-corrected chi connectivity index (χ0v) is 11.2. The van der Waals surface area contributed by atoms with Gasteiger partial charge in [-0.25, -0.2) is 0 Å². The zero-order valence-electron chi connectivity index (χ0n) is 11.2. The van der Waals surface area contributed by atoms with Gasteiger partial charge in [-0.3, -0.25) is 4.79 Å². The number of hydrogen-bond acceptors (Lipinski definition) is 3. The van der Waals surface area contributed by atoms with Crippen LogP contribution in [0.15, 0.2) is 24.3 Å². The van der Waals surface area contributed by atoms with Crippen LogP contribution in [0.25, 0.3) is 0 Å². The predicted octanol–water partition coefficient (Wildman–Crippen LogP) is 1.96. The van der Waals surface area contributed by atoms with Crippen LogP contribution in [0, 0.1) is 0 Å². The number of amides is 1. The molecule has 1 N–H and O–H groups in total. The molecule has 0 spiro atoms. The Balaban J connectivity index is 1.88. The number of para-hydroxylation sites is 1. The van der Waals surface area contributed by atoms with Crippen LogP contribution in [-0.4, -0.2) is 35.6 Å². The van der Waals surface area contributed by atoms with Gasteiger partial charge in [0.25, 0.3) is 5.91 Å². The number of rotatable bonds is 4. The lowest BCUT2D eigenvalue weighted by Crippen LogP contribution is -2.35. The lowest BCUT2D eigenvalue weighted by Gasteiger charge is -2.20. The third-order valence-electron chi connectivity index (χ3n) is 3.45. The smallest absolute Gasteiger partial charge is 0.260 e. The van der Waals surface area contributed by atoms with Crippen molar-refractivity contribution in [3.8, 4) is 5.75 Å². The second-order valence-corrected chi connectivity index (χ2v) is 4.85. The Hall–Kier alpha value is -1.55. The van der Waals surface area contributed by atoms with Gasteiger partial charge in [0, 0.05) is 18.7 Å². The molecule has 0 atom stereocenters. The van der Waals surface area contributed by atoms with Gasteiger partial charge in [-0.05, 0) is 18.9 Å². The van der Waals surface area contributed by atoms with E-state index in [1.165, 1.54) is 12.8 Å². The number of carbonyl (C=O) groups is 1. The van der Waals surface area contributed by atoms with Crippen LogP contribution in [0.5, 0.6) is 5.75 Å². The van der Waals surface area contributed by atoms with Gasteiger partial charge < -0.3 is 14.7 Å². The molecule has 104 valence electrons. The second kappa shape index (κ2) is 7.14. The number of nitrogens with zero attached hydrogens (tertiary/aromatic N) is 1. The van der Waals surface area contributed by atoms with Crippen molar-refractivity contribution in [3.63, 3.8) is 0 Å². The van der Waals surface area contributed by atoms with Crippen molar-refractivity contribution in [1.29, 1.82) is 0 Å².